The van der Waals surface area contributed by atoms with Gasteiger partial charge in [0.05, 0.1) is 16.9 Å². The first-order valence-corrected chi connectivity index (χ1v) is 8.62. The maximum absolute atomic E-state index is 13.1. The minimum absolute atomic E-state index is 0.188. The summed E-state index contributed by atoms with van der Waals surface area (Å²) in [4.78, 5) is 13.1. The highest BCUT2D eigenvalue weighted by Crippen LogP contribution is 2.32. The number of carbonyl (C=O) groups is 1. The third-order valence-corrected chi connectivity index (χ3v) is 4.55. The zero-order chi connectivity index (χ0) is 18.2. The number of carbonyl (C=O) groups excluding carboxylic acids is 1. The molecule has 2 heterocycles. The van der Waals surface area contributed by atoms with Crippen LogP contribution in [0.15, 0.2) is 89.6 Å². The third kappa shape index (κ3) is 2.57. The molecule has 0 bridgehead atoms. The van der Waals surface area contributed by atoms with Crippen LogP contribution in [0.3, 0.4) is 0 Å². The van der Waals surface area contributed by atoms with Gasteiger partial charge in [0, 0.05) is 23.2 Å². The monoisotopic (exact) mass is 353 g/mol. The molecule has 1 N–H and O–H groups in total. The third-order valence-electron chi connectivity index (χ3n) is 4.55. The van der Waals surface area contributed by atoms with Crippen LogP contribution in [0.2, 0.25) is 0 Å². The summed E-state index contributed by atoms with van der Waals surface area (Å²) in [6.07, 6.45) is 3.55. The first-order valence-electron chi connectivity index (χ1n) is 8.62. The van der Waals surface area contributed by atoms with Gasteiger partial charge < -0.3 is 9.73 Å². The number of benzene rings is 3. The van der Waals surface area contributed by atoms with Gasteiger partial charge in [0.2, 0.25) is 0 Å². The predicted octanol–water partition coefficient (Wildman–Crippen LogP) is 5.02. The topological polar surface area (TPSA) is 60.1 Å². The largest absolute Gasteiger partial charge is 0.456 e. The number of nitrogens with one attached hydrogen (secondary N) is 1. The Morgan fingerprint density at radius 1 is 0.889 bits per heavy atom. The number of nitrogens with zero attached hydrogens (tertiary/aromatic N) is 2. The molecule has 0 saturated heterocycles. The highest BCUT2D eigenvalue weighted by atomic mass is 16.3. The van der Waals surface area contributed by atoms with Gasteiger partial charge in [-0.25, -0.2) is 4.68 Å². The molecular formula is C22H15N3O2. The van der Waals surface area contributed by atoms with Gasteiger partial charge >= 0.3 is 0 Å². The number of aromatic nitrogens is 2. The van der Waals surface area contributed by atoms with E-state index in [1.165, 1.54) is 0 Å². The Labute approximate surface area is 154 Å². The molecule has 130 valence electrons. The Balaban J connectivity index is 1.60. The predicted molar refractivity (Wildman–Crippen MR) is 105 cm³/mol. The summed E-state index contributed by atoms with van der Waals surface area (Å²) >= 11 is 0. The van der Waals surface area contributed by atoms with Gasteiger partial charge in [0.25, 0.3) is 5.91 Å². The number of hydrogen-bond acceptors (Lipinski definition) is 3. The lowest BCUT2D eigenvalue weighted by atomic mass is 10.1. The summed E-state index contributed by atoms with van der Waals surface area (Å²) in [6.45, 7) is 0. The van der Waals surface area contributed by atoms with Gasteiger partial charge in [-0.1, -0.05) is 36.4 Å². The Bertz CT molecular complexity index is 1270. The van der Waals surface area contributed by atoms with Crippen molar-refractivity contribution in [1.29, 1.82) is 0 Å². The van der Waals surface area contributed by atoms with Crippen molar-refractivity contribution in [2.24, 2.45) is 0 Å². The van der Waals surface area contributed by atoms with E-state index in [1.54, 1.807) is 10.9 Å². The van der Waals surface area contributed by atoms with Crippen molar-refractivity contribution in [1.82, 2.24) is 9.78 Å². The number of anilines is 1. The molecule has 0 saturated carbocycles. The van der Waals surface area contributed by atoms with Crippen molar-refractivity contribution in [2.75, 3.05) is 5.32 Å². The number of fused-ring (bicyclic) bond motifs is 3. The summed E-state index contributed by atoms with van der Waals surface area (Å²) in [7, 11) is 0. The maximum Gasteiger partial charge on any atom is 0.256 e. The molecule has 0 spiro atoms. The number of para-hydroxylation sites is 3. The summed E-state index contributed by atoms with van der Waals surface area (Å²) in [5.74, 6) is -0.188. The van der Waals surface area contributed by atoms with E-state index in [1.807, 2.05) is 79.0 Å². The fourth-order valence-corrected chi connectivity index (χ4v) is 3.34. The Morgan fingerprint density at radius 2 is 1.70 bits per heavy atom. The van der Waals surface area contributed by atoms with E-state index in [4.69, 9.17) is 4.42 Å². The quantitative estimate of drug-likeness (QED) is 0.495. The smallest absolute Gasteiger partial charge is 0.256 e. The first-order chi connectivity index (χ1) is 13.3. The first kappa shape index (κ1) is 15.4. The summed E-state index contributed by atoms with van der Waals surface area (Å²) in [5.41, 5.74) is 3.54. The van der Waals surface area contributed by atoms with Crippen LogP contribution in [0.5, 0.6) is 0 Å². The van der Waals surface area contributed by atoms with Crippen LogP contribution in [0.1, 0.15) is 10.4 Å². The second-order valence-corrected chi connectivity index (χ2v) is 6.20. The zero-order valence-electron chi connectivity index (χ0n) is 14.3. The number of furan rings is 1. The number of amides is 1. The average molecular weight is 353 g/mol. The van der Waals surface area contributed by atoms with Crippen molar-refractivity contribution in [3.63, 3.8) is 0 Å². The normalized spacial score (nSPS) is 11.1. The minimum atomic E-state index is -0.188. The zero-order valence-corrected chi connectivity index (χ0v) is 14.3. The van der Waals surface area contributed by atoms with E-state index in [9.17, 15) is 4.79 Å². The summed E-state index contributed by atoms with van der Waals surface area (Å²) in [6, 6.07) is 22.7. The highest BCUT2D eigenvalue weighted by molar-refractivity contribution is 6.19. The van der Waals surface area contributed by atoms with Crippen molar-refractivity contribution < 1.29 is 9.21 Å². The SMILES string of the molecule is O=C(Nc1ccccc1-n1cccn1)c1cccc2oc3ccccc3c12. The van der Waals surface area contributed by atoms with E-state index in [-0.39, 0.29) is 5.91 Å². The lowest BCUT2D eigenvalue weighted by Crippen LogP contribution is -2.14. The van der Waals surface area contributed by atoms with Gasteiger partial charge in [-0.05, 0) is 36.4 Å². The molecular weight excluding hydrogens is 338 g/mol. The number of hydrogen-bond donors (Lipinski definition) is 1. The van der Waals surface area contributed by atoms with Gasteiger partial charge in [-0.3, -0.25) is 4.79 Å². The molecule has 5 heteroatoms. The highest BCUT2D eigenvalue weighted by Gasteiger charge is 2.17. The lowest BCUT2D eigenvalue weighted by molar-refractivity contribution is 0.102. The van der Waals surface area contributed by atoms with Crippen molar-refractivity contribution in [3.8, 4) is 5.69 Å². The molecule has 0 aliphatic carbocycles. The molecule has 27 heavy (non-hydrogen) atoms. The average Bonchev–Trinajstić information content (AvgIpc) is 3.36. The van der Waals surface area contributed by atoms with E-state index >= 15 is 0 Å². The van der Waals surface area contributed by atoms with E-state index in [2.05, 4.69) is 10.4 Å². The Kier molecular flexibility index (Phi) is 3.50. The summed E-state index contributed by atoms with van der Waals surface area (Å²) in [5, 5.41) is 9.03. The molecule has 5 aromatic rings. The van der Waals surface area contributed by atoms with E-state index in [0.29, 0.717) is 16.8 Å². The van der Waals surface area contributed by atoms with Crippen molar-refractivity contribution in [3.05, 3.63) is 90.8 Å². The van der Waals surface area contributed by atoms with Crippen LogP contribution in [0.25, 0.3) is 27.6 Å². The van der Waals surface area contributed by atoms with Gasteiger partial charge in [-0.15, -0.1) is 0 Å². The van der Waals surface area contributed by atoms with E-state index < -0.39 is 0 Å². The Hall–Kier alpha value is -3.86. The number of rotatable bonds is 3. The molecule has 5 rings (SSSR count). The van der Waals surface area contributed by atoms with Gasteiger partial charge in [-0.2, -0.15) is 5.10 Å². The van der Waals surface area contributed by atoms with Gasteiger partial charge in [0.15, 0.2) is 0 Å². The molecule has 0 atom stereocenters. The van der Waals surface area contributed by atoms with Crippen molar-refractivity contribution >= 4 is 33.5 Å². The summed E-state index contributed by atoms with van der Waals surface area (Å²) < 4.78 is 7.61. The molecule has 2 aromatic heterocycles. The molecule has 0 fully saturated rings. The van der Waals surface area contributed by atoms with Crippen molar-refractivity contribution in [2.45, 2.75) is 0 Å². The molecule has 0 unspecified atom stereocenters. The molecule has 3 aromatic carbocycles. The van der Waals surface area contributed by atoms with Crippen LogP contribution in [-0.4, -0.2) is 15.7 Å². The lowest BCUT2D eigenvalue weighted by Gasteiger charge is -2.11. The van der Waals surface area contributed by atoms with Crippen LogP contribution in [0.4, 0.5) is 5.69 Å². The fraction of sp³-hybridized carbons (Fsp3) is 0. The van der Waals surface area contributed by atoms with Gasteiger partial charge in [0.1, 0.15) is 11.2 Å². The molecule has 1 amide bonds. The van der Waals surface area contributed by atoms with Crippen LogP contribution in [0, 0.1) is 0 Å². The van der Waals surface area contributed by atoms with Crippen LogP contribution < -0.4 is 5.32 Å². The Morgan fingerprint density at radius 3 is 2.59 bits per heavy atom. The fourth-order valence-electron chi connectivity index (χ4n) is 3.34. The molecule has 0 aliphatic rings. The maximum atomic E-state index is 13.1. The second-order valence-electron chi connectivity index (χ2n) is 6.20. The second kappa shape index (κ2) is 6.14. The van der Waals surface area contributed by atoms with Crippen LogP contribution in [-0.2, 0) is 0 Å². The molecule has 0 radical (unpaired) electrons. The molecule has 0 aliphatic heterocycles. The standard InChI is InChI=1S/C22H15N3O2/c26-22(24-17-9-2-3-10-18(17)25-14-6-13-23-25)16-8-5-12-20-21(16)15-7-1-4-11-19(15)27-20/h1-14H,(H,24,26). The minimum Gasteiger partial charge on any atom is -0.456 e. The molecule has 5 nitrogen and oxygen atoms in total. The van der Waals surface area contributed by atoms with E-state index in [0.717, 1.165) is 22.0 Å². The van der Waals surface area contributed by atoms with Crippen LogP contribution >= 0.6 is 0 Å².